The van der Waals surface area contributed by atoms with Crippen LogP contribution in [0, 0.1) is 0 Å². The Morgan fingerprint density at radius 2 is 2.21 bits per heavy atom. The molecule has 0 aromatic carbocycles. The van der Waals surface area contributed by atoms with Gasteiger partial charge in [0.2, 0.25) is 0 Å². The molecule has 2 N–H and O–H groups in total. The van der Waals surface area contributed by atoms with E-state index in [9.17, 15) is 14.8 Å². The van der Waals surface area contributed by atoms with Gasteiger partial charge in [-0.2, -0.15) is 0 Å². The Kier molecular flexibility index (Phi) is 4.54. The molecule has 24 heavy (non-hydrogen) atoms. The fourth-order valence-electron chi connectivity index (χ4n) is 2.90. The van der Waals surface area contributed by atoms with Gasteiger partial charge in [0.25, 0.3) is 5.56 Å². The summed E-state index contributed by atoms with van der Waals surface area (Å²) < 4.78 is 5.55. The largest absolute Gasteiger partial charge is 0.450 e. The SMILES string of the molecule is CCOC(=O)N1CCC(Nc2cc(=O)n(O)c3ncccc23)CC1. The van der Waals surface area contributed by atoms with Gasteiger partial charge in [0.1, 0.15) is 0 Å². The van der Waals surface area contributed by atoms with E-state index in [1.165, 1.54) is 12.3 Å². The summed E-state index contributed by atoms with van der Waals surface area (Å²) >= 11 is 0. The van der Waals surface area contributed by atoms with E-state index in [-0.39, 0.29) is 17.8 Å². The van der Waals surface area contributed by atoms with Crippen molar-refractivity contribution < 1.29 is 14.7 Å². The van der Waals surface area contributed by atoms with Crippen LogP contribution in [-0.4, -0.2) is 51.7 Å². The smallest absolute Gasteiger partial charge is 0.409 e. The highest BCUT2D eigenvalue weighted by molar-refractivity contribution is 5.88. The molecule has 0 aliphatic carbocycles. The molecule has 0 radical (unpaired) electrons. The second-order valence-corrected chi connectivity index (χ2v) is 5.69. The molecule has 0 saturated carbocycles. The predicted molar refractivity (Wildman–Crippen MR) is 88.4 cm³/mol. The van der Waals surface area contributed by atoms with Crippen LogP contribution in [0.3, 0.4) is 0 Å². The van der Waals surface area contributed by atoms with Crippen molar-refractivity contribution in [1.82, 2.24) is 14.6 Å². The van der Waals surface area contributed by atoms with Crippen LogP contribution >= 0.6 is 0 Å². The number of ether oxygens (including phenoxy) is 1. The molecule has 3 heterocycles. The van der Waals surface area contributed by atoms with Crippen LogP contribution in [-0.2, 0) is 4.74 Å². The van der Waals surface area contributed by atoms with E-state index in [1.807, 2.05) is 0 Å². The third-order valence-electron chi connectivity index (χ3n) is 4.13. The van der Waals surface area contributed by atoms with Crippen molar-refractivity contribution in [1.29, 1.82) is 0 Å². The number of hydrogen-bond acceptors (Lipinski definition) is 6. The second-order valence-electron chi connectivity index (χ2n) is 5.69. The van der Waals surface area contributed by atoms with Crippen molar-refractivity contribution in [2.75, 3.05) is 25.0 Å². The van der Waals surface area contributed by atoms with Crippen molar-refractivity contribution in [3.05, 3.63) is 34.7 Å². The van der Waals surface area contributed by atoms with Gasteiger partial charge in [-0.3, -0.25) is 4.79 Å². The number of hydrogen-bond donors (Lipinski definition) is 2. The number of likely N-dealkylation sites (tertiary alicyclic amines) is 1. The maximum absolute atomic E-state index is 11.9. The Morgan fingerprint density at radius 3 is 2.92 bits per heavy atom. The van der Waals surface area contributed by atoms with E-state index >= 15 is 0 Å². The minimum absolute atomic E-state index is 0.132. The zero-order valence-electron chi connectivity index (χ0n) is 13.4. The van der Waals surface area contributed by atoms with Crippen molar-refractivity contribution in [3.63, 3.8) is 0 Å². The molecule has 2 aromatic heterocycles. The molecule has 0 bridgehead atoms. The minimum Gasteiger partial charge on any atom is -0.450 e. The van der Waals surface area contributed by atoms with Crippen LogP contribution in [0.5, 0.6) is 0 Å². The Morgan fingerprint density at radius 1 is 1.46 bits per heavy atom. The molecule has 0 spiro atoms. The highest BCUT2D eigenvalue weighted by Gasteiger charge is 2.24. The number of fused-ring (bicyclic) bond motifs is 1. The first-order valence-electron chi connectivity index (χ1n) is 7.98. The summed E-state index contributed by atoms with van der Waals surface area (Å²) in [6.45, 7) is 3.36. The Bertz CT molecular complexity index is 796. The summed E-state index contributed by atoms with van der Waals surface area (Å²) in [4.78, 5) is 29.3. The molecule has 1 saturated heterocycles. The standard InChI is InChI=1S/C16H20N4O4/c1-2-24-16(22)19-8-5-11(6-9-19)18-13-10-14(21)20(23)15-12(13)4-3-7-17-15/h3-4,7,10-11,18,23H,2,5-6,8-9H2,1H3. The zero-order chi connectivity index (χ0) is 17.1. The monoisotopic (exact) mass is 332 g/mol. The molecule has 128 valence electrons. The summed E-state index contributed by atoms with van der Waals surface area (Å²) in [6.07, 6.45) is 2.75. The van der Waals surface area contributed by atoms with Crippen LogP contribution < -0.4 is 10.9 Å². The summed E-state index contributed by atoms with van der Waals surface area (Å²) in [5.74, 6) is 0. The summed E-state index contributed by atoms with van der Waals surface area (Å²) in [6, 6.07) is 5.04. The van der Waals surface area contributed by atoms with E-state index in [0.717, 1.165) is 12.8 Å². The lowest BCUT2D eigenvalue weighted by molar-refractivity contribution is 0.0983. The molecule has 1 fully saturated rings. The van der Waals surface area contributed by atoms with E-state index in [2.05, 4.69) is 10.3 Å². The summed E-state index contributed by atoms with van der Waals surface area (Å²) in [5.41, 5.74) is 0.326. The van der Waals surface area contributed by atoms with Gasteiger partial charge in [-0.25, -0.2) is 9.78 Å². The number of anilines is 1. The quantitative estimate of drug-likeness (QED) is 0.830. The van der Waals surface area contributed by atoms with E-state index in [1.54, 1.807) is 24.0 Å². The van der Waals surface area contributed by atoms with Crippen LogP contribution in [0.15, 0.2) is 29.2 Å². The highest BCUT2D eigenvalue weighted by Crippen LogP contribution is 2.22. The molecular formula is C16H20N4O4. The molecule has 8 nitrogen and oxygen atoms in total. The highest BCUT2D eigenvalue weighted by atomic mass is 16.6. The van der Waals surface area contributed by atoms with E-state index in [4.69, 9.17) is 4.74 Å². The number of rotatable bonds is 3. The molecule has 1 aliphatic rings. The lowest BCUT2D eigenvalue weighted by Crippen LogP contribution is -2.42. The lowest BCUT2D eigenvalue weighted by atomic mass is 10.0. The molecule has 8 heteroatoms. The second kappa shape index (κ2) is 6.77. The number of carbonyl (C=O) groups excluding carboxylic acids is 1. The van der Waals surface area contributed by atoms with Crippen molar-refractivity contribution >= 4 is 22.8 Å². The van der Waals surface area contributed by atoms with Crippen molar-refractivity contribution in [2.45, 2.75) is 25.8 Å². The van der Waals surface area contributed by atoms with Gasteiger partial charge in [-0.05, 0) is 31.9 Å². The van der Waals surface area contributed by atoms with E-state index in [0.29, 0.717) is 35.5 Å². The average molecular weight is 332 g/mol. The van der Waals surface area contributed by atoms with Crippen molar-refractivity contribution in [3.8, 4) is 0 Å². The molecule has 3 rings (SSSR count). The fraction of sp³-hybridized carbons (Fsp3) is 0.438. The first-order chi connectivity index (χ1) is 11.6. The van der Waals surface area contributed by atoms with Gasteiger partial charge in [-0.1, -0.05) is 0 Å². The van der Waals surface area contributed by atoms with Crippen LogP contribution in [0.25, 0.3) is 11.0 Å². The number of carbonyl (C=O) groups is 1. The molecule has 0 unspecified atom stereocenters. The first-order valence-corrected chi connectivity index (χ1v) is 7.98. The number of aromatic nitrogens is 2. The maximum atomic E-state index is 11.9. The first kappa shape index (κ1) is 16.1. The summed E-state index contributed by atoms with van der Waals surface area (Å²) in [5, 5.41) is 13.8. The predicted octanol–water partition coefficient (Wildman–Crippen LogP) is 1.67. The fourth-order valence-corrected chi connectivity index (χ4v) is 2.90. The van der Waals surface area contributed by atoms with E-state index < -0.39 is 5.56 Å². The number of piperidine rings is 1. The van der Waals surface area contributed by atoms with Gasteiger partial charge in [0.05, 0.1) is 12.3 Å². The number of amides is 1. The van der Waals surface area contributed by atoms with Crippen LogP contribution in [0.2, 0.25) is 0 Å². The maximum Gasteiger partial charge on any atom is 0.409 e. The number of nitrogens with one attached hydrogen (secondary N) is 1. The molecule has 0 atom stereocenters. The molecule has 1 amide bonds. The minimum atomic E-state index is -0.535. The van der Waals surface area contributed by atoms with Gasteiger partial charge < -0.3 is 20.2 Å². The van der Waals surface area contributed by atoms with Gasteiger partial charge >= 0.3 is 6.09 Å². The molecular weight excluding hydrogens is 312 g/mol. The van der Waals surface area contributed by atoms with Gasteiger partial charge in [-0.15, -0.1) is 4.73 Å². The topological polar surface area (TPSA) is 96.7 Å². The number of nitrogens with zero attached hydrogens (tertiary/aromatic N) is 3. The summed E-state index contributed by atoms with van der Waals surface area (Å²) in [7, 11) is 0. The van der Waals surface area contributed by atoms with Crippen LogP contribution in [0.1, 0.15) is 19.8 Å². The van der Waals surface area contributed by atoms with Gasteiger partial charge in [0.15, 0.2) is 5.65 Å². The average Bonchev–Trinajstić information content (AvgIpc) is 2.60. The third kappa shape index (κ3) is 3.12. The molecule has 2 aromatic rings. The Balaban J connectivity index is 1.74. The van der Waals surface area contributed by atoms with Crippen LogP contribution in [0.4, 0.5) is 10.5 Å². The molecule has 1 aliphatic heterocycles. The zero-order valence-corrected chi connectivity index (χ0v) is 13.4. The van der Waals surface area contributed by atoms with Gasteiger partial charge in [0, 0.05) is 36.8 Å². The van der Waals surface area contributed by atoms with Crippen molar-refractivity contribution in [2.24, 2.45) is 0 Å². The number of pyridine rings is 2. The normalized spacial score (nSPS) is 15.5. The third-order valence-corrected chi connectivity index (χ3v) is 4.13. The Hall–Kier alpha value is -2.77. The lowest BCUT2D eigenvalue weighted by Gasteiger charge is -2.32. The Labute approximate surface area is 138 Å².